The highest BCUT2D eigenvalue weighted by Crippen LogP contribution is 2.28. The third-order valence-corrected chi connectivity index (χ3v) is 3.29. The van der Waals surface area contributed by atoms with E-state index in [0.717, 1.165) is 17.9 Å². The topological polar surface area (TPSA) is 54.3 Å². The van der Waals surface area contributed by atoms with Crippen molar-refractivity contribution in [1.29, 1.82) is 5.26 Å². The molecule has 104 valence electrons. The molecule has 0 fully saturated rings. The summed E-state index contributed by atoms with van der Waals surface area (Å²) in [5.74, 6) is 1.46. The average Bonchev–Trinajstić information content (AvgIpc) is 2.47. The van der Waals surface area contributed by atoms with E-state index in [1.807, 2.05) is 25.1 Å². The van der Waals surface area contributed by atoms with Crippen LogP contribution in [-0.4, -0.2) is 26.3 Å². The predicted molar refractivity (Wildman–Crippen MR) is 75.6 cm³/mol. The molecule has 1 aromatic rings. The fourth-order valence-corrected chi connectivity index (χ4v) is 1.65. The van der Waals surface area contributed by atoms with Crippen LogP contribution in [0.1, 0.15) is 25.8 Å². The number of nitrogens with one attached hydrogen (secondary N) is 1. The minimum Gasteiger partial charge on any atom is -0.493 e. The maximum absolute atomic E-state index is 9.06. The summed E-state index contributed by atoms with van der Waals surface area (Å²) in [5, 5.41) is 12.0. The molecule has 0 aliphatic heterocycles. The third-order valence-electron chi connectivity index (χ3n) is 3.29. The molecule has 0 bridgehead atoms. The first-order valence-corrected chi connectivity index (χ1v) is 6.48. The summed E-state index contributed by atoms with van der Waals surface area (Å²) >= 11 is 0. The molecule has 1 aromatic carbocycles. The molecule has 1 rings (SSSR count). The van der Waals surface area contributed by atoms with Gasteiger partial charge in [0, 0.05) is 6.42 Å². The van der Waals surface area contributed by atoms with Crippen molar-refractivity contribution in [2.45, 2.75) is 32.2 Å². The quantitative estimate of drug-likeness (QED) is 0.820. The Kier molecular flexibility index (Phi) is 5.65. The van der Waals surface area contributed by atoms with Gasteiger partial charge in [-0.2, -0.15) is 5.26 Å². The highest BCUT2D eigenvalue weighted by molar-refractivity contribution is 5.42. The summed E-state index contributed by atoms with van der Waals surface area (Å²) in [6.07, 6.45) is 1.57. The van der Waals surface area contributed by atoms with Gasteiger partial charge < -0.3 is 14.8 Å². The summed E-state index contributed by atoms with van der Waals surface area (Å²) < 4.78 is 11.0. The molecular formula is C15H22N2O2. The van der Waals surface area contributed by atoms with Crippen molar-refractivity contribution in [2.24, 2.45) is 0 Å². The van der Waals surface area contributed by atoms with Gasteiger partial charge in [0.15, 0.2) is 11.5 Å². The molecule has 19 heavy (non-hydrogen) atoms. The number of methoxy groups -OCH3 is 1. The molecule has 1 atom stereocenters. The second-order valence-corrected chi connectivity index (χ2v) is 4.63. The molecule has 0 spiro atoms. The molecule has 0 saturated heterocycles. The zero-order valence-corrected chi connectivity index (χ0v) is 12.1. The molecular weight excluding hydrogens is 240 g/mol. The third kappa shape index (κ3) is 4.15. The number of rotatable bonds is 7. The minimum absolute atomic E-state index is 0.465. The summed E-state index contributed by atoms with van der Waals surface area (Å²) in [5.41, 5.74) is 0.651. The first kappa shape index (κ1) is 15.3. The lowest BCUT2D eigenvalue weighted by molar-refractivity contribution is 0.260. The molecule has 1 unspecified atom stereocenters. The van der Waals surface area contributed by atoms with E-state index in [1.54, 1.807) is 14.2 Å². The van der Waals surface area contributed by atoms with Crippen molar-refractivity contribution in [3.05, 3.63) is 23.8 Å². The van der Waals surface area contributed by atoms with Crippen molar-refractivity contribution < 1.29 is 9.47 Å². The van der Waals surface area contributed by atoms with Crippen LogP contribution in [0.2, 0.25) is 0 Å². The van der Waals surface area contributed by atoms with Gasteiger partial charge in [-0.05, 0) is 38.1 Å². The van der Waals surface area contributed by atoms with Crippen LogP contribution in [0.3, 0.4) is 0 Å². The molecule has 0 aliphatic rings. The first-order chi connectivity index (χ1) is 9.08. The smallest absolute Gasteiger partial charge is 0.161 e. The predicted octanol–water partition coefficient (Wildman–Crippen LogP) is 2.53. The Morgan fingerprint density at radius 1 is 1.37 bits per heavy atom. The summed E-state index contributed by atoms with van der Waals surface area (Å²) in [7, 11) is 3.41. The van der Waals surface area contributed by atoms with Crippen molar-refractivity contribution in [2.75, 3.05) is 20.8 Å². The Morgan fingerprint density at radius 2 is 2.11 bits per heavy atom. The van der Waals surface area contributed by atoms with E-state index >= 15 is 0 Å². The highest BCUT2D eigenvalue weighted by atomic mass is 16.5. The van der Waals surface area contributed by atoms with E-state index in [2.05, 4.69) is 18.3 Å². The Labute approximate surface area is 115 Å². The van der Waals surface area contributed by atoms with Crippen LogP contribution in [0.5, 0.6) is 11.5 Å². The van der Waals surface area contributed by atoms with Gasteiger partial charge in [-0.1, -0.05) is 13.0 Å². The van der Waals surface area contributed by atoms with Crippen LogP contribution in [0.25, 0.3) is 0 Å². The second-order valence-electron chi connectivity index (χ2n) is 4.63. The lowest BCUT2D eigenvalue weighted by atomic mass is 10.0. The van der Waals surface area contributed by atoms with Gasteiger partial charge in [-0.15, -0.1) is 0 Å². The van der Waals surface area contributed by atoms with E-state index in [1.165, 1.54) is 5.56 Å². The van der Waals surface area contributed by atoms with Crippen molar-refractivity contribution in [3.8, 4) is 17.6 Å². The van der Waals surface area contributed by atoms with Gasteiger partial charge in [0.2, 0.25) is 0 Å². The number of ether oxygens (including phenoxy) is 2. The Morgan fingerprint density at radius 3 is 2.63 bits per heavy atom. The summed E-state index contributed by atoms with van der Waals surface area (Å²) in [6, 6.07) is 8.17. The molecule has 0 amide bonds. The zero-order chi connectivity index (χ0) is 14.3. The van der Waals surface area contributed by atoms with Gasteiger partial charge in [-0.25, -0.2) is 0 Å². The number of hydrogen-bond acceptors (Lipinski definition) is 4. The fraction of sp³-hybridized carbons (Fsp3) is 0.533. The van der Waals surface area contributed by atoms with Crippen LogP contribution in [0, 0.1) is 11.3 Å². The number of benzene rings is 1. The molecule has 0 aliphatic carbocycles. The molecule has 4 nitrogen and oxygen atoms in total. The van der Waals surface area contributed by atoms with Crippen LogP contribution < -0.4 is 14.8 Å². The van der Waals surface area contributed by atoms with Crippen LogP contribution >= 0.6 is 0 Å². The first-order valence-electron chi connectivity index (χ1n) is 6.48. The Bertz CT molecular complexity index is 454. The average molecular weight is 262 g/mol. The van der Waals surface area contributed by atoms with E-state index in [9.17, 15) is 0 Å². The maximum atomic E-state index is 9.06. The summed E-state index contributed by atoms with van der Waals surface area (Å²) in [4.78, 5) is 0. The van der Waals surface area contributed by atoms with Crippen molar-refractivity contribution >= 4 is 0 Å². The van der Waals surface area contributed by atoms with Gasteiger partial charge in [0.1, 0.15) is 5.54 Å². The molecule has 1 N–H and O–H groups in total. The standard InChI is InChI=1S/C15H22N2O2/c1-5-12-6-7-13(14(10-12)18-4)19-9-8-15(2,11-16)17-3/h6-7,10,17H,5,8-9H2,1-4H3. The molecule has 0 saturated carbocycles. The number of aryl methyl sites for hydroxylation is 1. The molecule has 0 heterocycles. The molecule has 0 radical (unpaired) electrons. The monoisotopic (exact) mass is 262 g/mol. The minimum atomic E-state index is -0.559. The summed E-state index contributed by atoms with van der Waals surface area (Å²) in [6.45, 7) is 4.42. The maximum Gasteiger partial charge on any atom is 0.161 e. The lowest BCUT2D eigenvalue weighted by Crippen LogP contribution is -2.39. The fourth-order valence-electron chi connectivity index (χ4n) is 1.65. The van der Waals surface area contributed by atoms with E-state index in [0.29, 0.717) is 13.0 Å². The van der Waals surface area contributed by atoms with Gasteiger partial charge in [0.25, 0.3) is 0 Å². The molecule has 4 heteroatoms. The number of hydrogen-bond donors (Lipinski definition) is 1. The highest BCUT2D eigenvalue weighted by Gasteiger charge is 2.21. The van der Waals surface area contributed by atoms with E-state index in [4.69, 9.17) is 14.7 Å². The Balaban J connectivity index is 2.66. The number of nitriles is 1. The van der Waals surface area contributed by atoms with E-state index in [-0.39, 0.29) is 0 Å². The largest absolute Gasteiger partial charge is 0.493 e. The second kappa shape index (κ2) is 7.01. The van der Waals surface area contributed by atoms with Crippen molar-refractivity contribution in [3.63, 3.8) is 0 Å². The lowest BCUT2D eigenvalue weighted by Gasteiger charge is -2.21. The van der Waals surface area contributed by atoms with Crippen LogP contribution in [0.4, 0.5) is 0 Å². The van der Waals surface area contributed by atoms with Gasteiger partial charge in [-0.3, -0.25) is 0 Å². The van der Waals surface area contributed by atoms with Crippen molar-refractivity contribution in [1.82, 2.24) is 5.32 Å². The van der Waals surface area contributed by atoms with Gasteiger partial charge in [0.05, 0.1) is 19.8 Å². The normalized spacial score (nSPS) is 13.4. The number of nitrogens with zero attached hydrogens (tertiary/aromatic N) is 1. The molecule has 0 aromatic heterocycles. The van der Waals surface area contributed by atoms with Gasteiger partial charge >= 0.3 is 0 Å². The van der Waals surface area contributed by atoms with Crippen LogP contribution in [0.15, 0.2) is 18.2 Å². The zero-order valence-electron chi connectivity index (χ0n) is 12.1. The Hall–Kier alpha value is -1.73. The van der Waals surface area contributed by atoms with Crippen LogP contribution in [-0.2, 0) is 6.42 Å². The van der Waals surface area contributed by atoms with E-state index < -0.39 is 5.54 Å². The SMILES string of the molecule is CCc1ccc(OCCC(C)(C#N)NC)c(OC)c1.